The van der Waals surface area contributed by atoms with Gasteiger partial charge in [-0.2, -0.15) is 27.1 Å². The van der Waals surface area contributed by atoms with Gasteiger partial charge in [-0.1, -0.05) is 5.21 Å². The van der Waals surface area contributed by atoms with Gasteiger partial charge in [-0.3, -0.25) is 9.59 Å². The molecule has 0 spiro atoms. The fourth-order valence-electron chi connectivity index (χ4n) is 5.50. The predicted molar refractivity (Wildman–Crippen MR) is 141 cm³/mol. The molecule has 18 heteroatoms. The highest BCUT2D eigenvalue weighted by atomic mass is 19.4. The second-order valence-electron chi connectivity index (χ2n) is 11.4. The van der Waals surface area contributed by atoms with Gasteiger partial charge in [-0.25, -0.2) is 23.0 Å². The van der Waals surface area contributed by atoms with Gasteiger partial charge < -0.3 is 15.4 Å². The zero-order valence-electron chi connectivity index (χ0n) is 23.8. The molecule has 0 saturated heterocycles. The second-order valence-corrected chi connectivity index (χ2v) is 11.4. The molecular formula is C27H31F7N8O3. The summed E-state index contributed by atoms with van der Waals surface area (Å²) in [6, 6.07) is 0.224. The Labute approximate surface area is 251 Å². The summed E-state index contributed by atoms with van der Waals surface area (Å²) in [6.07, 6.45) is -1.31. The van der Waals surface area contributed by atoms with Crippen LogP contribution in [0.5, 0.6) is 0 Å². The van der Waals surface area contributed by atoms with E-state index in [1.165, 1.54) is 16.9 Å². The first kappa shape index (κ1) is 32.6. The summed E-state index contributed by atoms with van der Waals surface area (Å²) in [7, 11) is 0. The van der Waals surface area contributed by atoms with Crippen molar-refractivity contribution in [2.45, 2.75) is 88.7 Å². The summed E-state index contributed by atoms with van der Waals surface area (Å²) < 4.78 is 97.4. The van der Waals surface area contributed by atoms with Gasteiger partial charge in [0.2, 0.25) is 11.8 Å². The van der Waals surface area contributed by atoms with Gasteiger partial charge in [0, 0.05) is 19.3 Å². The first-order valence-corrected chi connectivity index (χ1v) is 14.5. The van der Waals surface area contributed by atoms with Gasteiger partial charge in [0.25, 0.3) is 5.91 Å². The molecule has 0 aliphatic heterocycles. The van der Waals surface area contributed by atoms with Crippen molar-refractivity contribution in [2.24, 2.45) is 11.8 Å². The Morgan fingerprint density at radius 2 is 1.76 bits per heavy atom. The van der Waals surface area contributed by atoms with E-state index in [1.54, 1.807) is 6.07 Å². The number of hydrogen-bond donors (Lipinski definition) is 2. The number of hydrogen-bond acceptors (Lipinski definition) is 7. The lowest BCUT2D eigenvalue weighted by molar-refractivity contribution is -0.144. The minimum absolute atomic E-state index is 0.0269. The molecule has 2 amide bonds. The molecule has 11 nitrogen and oxygen atoms in total. The van der Waals surface area contributed by atoms with E-state index in [0.29, 0.717) is 16.9 Å². The maximum Gasteiger partial charge on any atom is 0.389 e. The highest BCUT2D eigenvalue weighted by molar-refractivity contribution is 5.92. The molecule has 0 unspecified atom stereocenters. The molecule has 0 radical (unpaired) electrons. The first-order chi connectivity index (χ1) is 21.3. The molecule has 2 fully saturated rings. The zero-order valence-corrected chi connectivity index (χ0v) is 23.8. The fraction of sp³-hybridized carbons (Fsp3) is 0.630. The Balaban J connectivity index is 1.37. The van der Waals surface area contributed by atoms with Crippen molar-refractivity contribution in [1.82, 2.24) is 40.2 Å². The third-order valence-electron chi connectivity index (χ3n) is 8.00. The molecule has 2 aliphatic rings. The van der Waals surface area contributed by atoms with Crippen LogP contribution in [0.2, 0.25) is 0 Å². The number of alkyl halides is 7. The molecule has 5 rings (SSSR count). The summed E-state index contributed by atoms with van der Waals surface area (Å²) in [5, 5.41) is 17.3. The Morgan fingerprint density at radius 1 is 1.04 bits per heavy atom. The topological polar surface area (TPSA) is 128 Å². The summed E-state index contributed by atoms with van der Waals surface area (Å²) >= 11 is 0. The van der Waals surface area contributed by atoms with Crippen LogP contribution in [0.25, 0.3) is 5.65 Å². The molecule has 0 bridgehead atoms. The third-order valence-corrected chi connectivity index (χ3v) is 8.00. The van der Waals surface area contributed by atoms with E-state index < -0.39 is 68.0 Å². The summed E-state index contributed by atoms with van der Waals surface area (Å²) in [5.41, 5.74) is 1.12. The molecule has 45 heavy (non-hydrogen) atoms. The standard InChI is InChI=1S/C27H31F7N8O3/c28-25(29)45-10-9-41-19(13-35-40-41)24(44)39-23(16-3-6-26(30,31)7-4-16)18-14-42-20(37-18)11-17(12-36-42)22(15-1-2-15)38-21(43)5-8-27(32,33)34/h11-16,22-23,25H,1-10H2,(H,38,43)(H,39,44)/t22-,23+/m1/s1. The van der Waals surface area contributed by atoms with Crippen LogP contribution in [-0.2, 0) is 16.1 Å². The number of imidazole rings is 1. The SMILES string of the molecule is O=C(CCC(F)(F)F)N[C@@H](c1cnn2cc([C@@H](NC(=O)c3cnnn3CCOC(F)F)C3CCC(F)(F)CC3)nc2c1)C1CC1. The van der Waals surface area contributed by atoms with Crippen molar-refractivity contribution in [3.63, 3.8) is 0 Å². The van der Waals surface area contributed by atoms with Crippen molar-refractivity contribution < 1.29 is 45.1 Å². The molecule has 2 aliphatic carbocycles. The van der Waals surface area contributed by atoms with Gasteiger partial charge in [0.05, 0.1) is 55.9 Å². The van der Waals surface area contributed by atoms with Crippen molar-refractivity contribution in [2.75, 3.05) is 6.61 Å². The molecule has 246 valence electrons. The molecule has 2 saturated carbocycles. The number of amides is 2. The first-order valence-electron chi connectivity index (χ1n) is 14.5. The van der Waals surface area contributed by atoms with E-state index in [1.807, 2.05) is 0 Å². The summed E-state index contributed by atoms with van der Waals surface area (Å²) in [5.74, 6) is -4.66. The van der Waals surface area contributed by atoms with Crippen LogP contribution in [0.3, 0.4) is 0 Å². The van der Waals surface area contributed by atoms with Crippen LogP contribution in [0.15, 0.2) is 24.7 Å². The predicted octanol–water partition coefficient (Wildman–Crippen LogP) is 4.77. The molecule has 0 aromatic carbocycles. The van der Waals surface area contributed by atoms with Gasteiger partial charge in [-0.05, 0) is 49.1 Å². The lowest BCUT2D eigenvalue weighted by Crippen LogP contribution is -2.38. The zero-order chi connectivity index (χ0) is 32.4. The number of nitrogens with zero attached hydrogens (tertiary/aromatic N) is 6. The molecular weight excluding hydrogens is 617 g/mol. The number of fused-ring (bicyclic) bond motifs is 1. The van der Waals surface area contributed by atoms with Crippen LogP contribution in [0, 0.1) is 11.8 Å². The minimum atomic E-state index is -4.46. The van der Waals surface area contributed by atoms with E-state index in [-0.39, 0.29) is 43.8 Å². The molecule has 3 heterocycles. The van der Waals surface area contributed by atoms with E-state index >= 15 is 0 Å². The van der Waals surface area contributed by atoms with Gasteiger partial charge in [-0.15, -0.1) is 5.10 Å². The fourth-order valence-corrected chi connectivity index (χ4v) is 5.50. The average molecular weight is 649 g/mol. The van der Waals surface area contributed by atoms with Crippen LogP contribution < -0.4 is 10.6 Å². The summed E-state index contributed by atoms with van der Waals surface area (Å²) in [4.78, 5) is 30.2. The van der Waals surface area contributed by atoms with Gasteiger partial charge in [0.15, 0.2) is 5.65 Å². The quantitative estimate of drug-likeness (QED) is 0.256. The third kappa shape index (κ3) is 8.67. The van der Waals surface area contributed by atoms with E-state index in [4.69, 9.17) is 0 Å². The van der Waals surface area contributed by atoms with E-state index in [0.717, 1.165) is 23.7 Å². The second kappa shape index (κ2) is 13.3. The number of carbonyl (C=O) groups excluding carboxylic acids is 2. The Kier molecular flexibility index (Phi) is 9.60. The monoisotopic (exact) mass is 648 g/mol. The molecule has 3 aromatic heterocycles. The molecule has 2 atom stereocenters. The molecule has 3 aromatic rings. The maximum absolute atomic E-state index is 14.0. The number of aromatic nitrogens is 6. The Bertz CT molecular complexity index is 1480. The molecule has 2 N–H and O–H groups in total. The summed E-state index contributed by atoms with van der Waals surface area (Å²) in [6.45, 7) is -3.63. The van der Waals surface area contributed by atoms with Crippen LogP contribution in [0.4, 0.5) is 30.7 Å². The number of nitrogens with one attached hydrogen (secondary N) is 2. The smallest absolute Gasteiger partial charge is 0.349 e. The van der Waals surface area contributed by atoms with Crippen LogP contribution >= 0.6 is 0 Å². The highest BCUT2D eigenvalue weighted by Gasteiger charge is 2.40. The number of ether oxygens (including phenoxy) is 1. The van der Waals surface area contributed by atoms with E-state index in [2.05, 4.69) is 35.8 Å². The highest BCUT2D eigenvalue weighted by Crippen LogP contribution is 2.43. The van der Waals surface area contributed by atoms with Gasteiger partial charge in [0.1, 0.15) is 5.69 Å². The number of carbonyl (C=O) groups is 2. The maximum atomic E-state index is 14.0. The number of halogens is 7. The van der Waals surface area contributed by atoms with Crippen molar-refractivity contribution in [3.05, 3.63) is 41.6 Å². The van der Waals surface area contributed by atoms with Gasteiger partial charge >= 0.3 is 12.8 Å². The van der Waals surface area contributed by atoms with Crippen LogP contribution in [0.1, 0.15) is 85.2 Å². The lowest BCUT2D eigenvalue weighted by Gasteiger charge is -2.33. The average Bonchev–Trinajstić information content (AvgIpc) is 3.54. The minimum Gasteiger partial charge on any atom is -0.349 e. The van der Waals surface area contributed by atoms with E-state index in [9.17, 15) is 40.3 Å². The largest absolute Gasteiger partial charge is 0.389 e. The number of rotatable bonds is 13. The Morgan fingerprint density at radius 3 is 2.42 bits per heavy atom. The van der Waals surface area contributed by atoms with Crippen molar-refractivity contribution in [1.29, 1.82) is 0 Å². The van der Waals surface area contributed by atoms with Crippen LogP contribution in [-0.4, -0.2) is 66.7 Å². The van der Waals surface area contributed by atoms with Crippen molar-refractivity contribution in [3.8, 4) is 0 Å². The normalized spacial score (nSPS) is 18.7. The lowest BCUT2D eigenvalue weighted by atomic mass is 9.81. The van der Waals surface area contributed by atoms with Crippen molar-refractivity contribution >= 4 is 17.5 Å². The Hall–Kier alpha value is -3.83.